The molecule has 7 nitrogen and oxygen atoms in total. The van der Waals surface area contributed by atoms with Crippen molar-refractivity contribution in [2.45, 2.75) is 70.1 Å². The van der Waals surface area contributed by atoms with Gasteiger partial charge in [-0.2, -0.15) is 0 Å². The molecule has 1 saturated carbocycles. The summed E-state index contributed by atoms with van der Waals surface area (Å²) in [7, 11) is 1.61. The molecule has 3 fully saturated rings. The maximum atomic E-state index is 12.0. The third-order valence-corrected chi connectivity index (χ3v) is 6.51. The van der Waals surface area contributed by atoms with Crippen molar-refractivity contribution in [3.63, 3.8) is 0 Å². The minimum absolute atomic E-state index is 0.178. The van der Waals surface area contributed by atoms with Crippen molar-refractivity contribution in [3.8, 4) is 0 Å². The van der Waals surface area contributed by atoms with E-state index < -0.39 is 0 Å². The summed E-state index contributed by atoms with van der Waals surface area (Å²) in [5.74, 6) is 0.914. The monoisotopic (exact) mass is 373 g/mol. The van der Waals surface area contributed by atoms with Gasteiger partial charge in [0.25, 0.3) is 5.91 Å². The number of hydrogen-bond donors (Lipinski definition) is 2. The zero-order chi connectivity index (χ0) is 19.0. The molecule has 1 amide bonds. The Kier molecular flexibility index (Phi) is 5.07. The highest BCUT2D eigenvalue weighted by Gasteiger charge is 2.43. The first-order valence-electron chi connectivity index (χ1n) is 10.2. The van der Waals surface area contributed by atoms with Crippen LogP contribution in [0.3, 0.4) is 0 Å². The number of carbonyl (C=O) groups is 1. The van der Waals surface area contributed by atoms with Crippen molar-refractivity contribution in [1.82, 2.24) is 20.6 Å². The standard InChI is InChI=1S/C20H31N5O2/c1-13-14(2)22-17(19(26)21-3)24-18(13)25-9-5-16(12-25)23-15-6-10-27-20(11-15)7-4-8-20/h15-16,23H,4-12H2,1-3H3,(H,21,26). The summed E-state index contributed by atoms with van der Waals surface area (Å²) in [4.78, 5) is 23.2. The highest BCUT2D eigenvalue weighted by molar-refractivity contribution is 5.90. The van der Waals surface area contributed by atoms with Crippen molar-refractivity contribution >= 4 is 11.7 Å². The third-order valence-electron chi connectivity index (χ3n) is 6.51. The van der Waals surface area contributed by atoms with E-state index >= 15 is 0 Å². The average molecular weight is 374 g/mol. The minimum atomic E-state index is -0.235. The number of rotatable bonds is 4. The number of nitrogens with one attached hydrogen (secondary N) is 2. The van der Waals surface area contributed by atoms with Crippen LogP contribution < -0.4 is 15.5 Å². The molecule has 1 aromatic heterocycles. The second-order valence-corrected chi connectivity index (χ2v) is 8.33. The molecule has 148 valence electrons. The normalized spacial score (nSPS) is 26.9. The highest BCUT2D eigenvalue weighted by Crippen LogP contribution is 2.42. The van der Waals surface area contributed by atoms with E-state index in [0.717, 1.165) is 56.0 Å². The summed E-state index contributed by atoms with van der Waals surface area (Å²) in [6.07, 6.45) is 7.11. The van der Waals surface area contributed by atoms with E-state index in [9.17, 15) is 4.79 Å². The molecule has 2 aliphatic heterocycles. The maximum absolute atomic E-state index is 12.0. The number of carbonyl (C=O) groups excluding carboxylic acids is 1. The molecule has 1 aromatic rings. The van der Waals surface area contributed by atoms with Crippen LogP contribution in [-0.2, 0) is 4.74 Å². The van der Waals surface area contributed by atoms with Gasteiger partial charge >= 0.3 is 0 Å². The third kappa shape index (κ3) is 3.67. The first-order chi connectivity index (χ1) is 13.0. The lowest BCUT2D eigenvalue weighted by Crippen LogP contribution is -2.53. The number of aromatic nitrogens is 2. The van der Waals surface area contributed by atoms with Crippen LogP contribution in [-0.4, -0.2) is 60.3 Å². The molecule has 1 aliphatic carbocycles. The van der Waals surface area contributed by atoms with E-state index in [-0.39, 0.29) is 17.3 Å². The Morgan fingerprint density at radius 3 is 2.74 bits per heavy atom. The smallest absolute Gasteiger partial charge is 0.288 e. The van der Waals surface area contributed by atoms with Crippen LogP contribution in [0.4, 0.5) is 5.82 Å². The lowest BCUT2D eigenvalue weighted by molar-refractivity contribution is -0.136. The second-order valence-electron chi connectivity index (χ2n) is 8.33. The van der Waals surface area contributed by atoms with Crippen molar-refractivity contribution in [1.29, 1.82) is 0 Å². The Morgan fingerprint density at radius 1 is 1.22 bits per heavy atom. The Labute approximate surface area is 161 Å². The number of aryl methyl sites for hydroxylation is 1. The average Bonchev–Trinajstić information content (AvgIpc) is 3.10. The van der Waals surface area contributed by atoms with E-state index in [4.69, 9.17) is 4.74 Å². The number of nitrogens with zero attached hydrogens (tertiary/aromatic N) is 3. The van der Waals surface area contributed by atoms with Crippen molar-refractivity contribution in [2.24, 2.45) is 0 Å². The van der Waals surface area contributed by atoms with Crippen LogP contribution in [0, 0.1) is 13.8 Å². The van der Waals surface area contributed by atoms with E-state index in [0.29, 0.717) is 12.1 Å². The highest BCUT2D eigenvalue weighted by atomic mass is 16.5. The van der Waals surface area contributed by atoms with Crippen LogP contribution >= 0.6 is 0 Å². The number of anilines is 1. The van der Waals surface area contributed by atoms with Crippen molar-refractivity contribution in [2.75, 3.05) is 31.6 Å². The van der Waals surface area contributed by atoms with E-state index in [1.807, 2.05) is 13.8 Å². The van der Waals surface area contributed by atoms with Crippen molar-refractivity contribution in [3.05, 3.63) is 17.1 Å². The van der Waals surface area contributed by atoms with Gasteiger partial charge in [-0.05, 0) is 52.4 Å². The largest absolute Gasteiger partial charge is 0.375 e. The number of hydrogen-bond acceptors (Lipinski definition) is 6. The van der Waals surface area contributed by atoms with Gasteiger partial charge in [-0.25, -0.2) is 9.97 Å². The van der Waals surface area contributed by atoms with Crippen molar-refractivity contribution < 1.29 is 9.53 Å². The zero-order valence-electron chi connectivity index (χ0n) is 16.7. The summed E-state index contributed by atoms with van der Waals surface area (Å²) >= 11 is 0. The summed E-state index contributed by atoms with van der Waals surface area (Å²) in [5, 5.41) is 6.50. The van der Waals surface area contributed by atoms with Crippen LogP contribution in [0.25, 0.3) is 0 Å². The SMILES string of the molecule is CNC(=O)c1nc(C)c(C)c(N2CCC(NC3CCOC4(CCC4)C3)C2)n1. The van der Waals surface area contributed by atoms with Crippen LogP contribution in [0.5, 0.6) is 0 Å². The molecule has 0 radical (unpaired) electrons. The molecule has 0 aromatic carbocycles. The van der Waals surface area contributed by atoms with Gasteiger partial charge in [-0.3, -0.25) is 4.79 Å². The topological polar surface area (TPSA) is 79.4 Å². The predicted molar refractivity (Wildman–Crippen MR) is 104 cm³/mol. The van der Waals surface area contributed by atoms with E-state index in [2.05, 4.69) is 25.5 Å². The molecule has 3 heterocycles. The lowest BCUT2D eigenvalue weighted by atomic mass is 9.74. The molecule has 2 N–H and O–H groups in total. The Balaban J connectivity index is 1.42. The van der Waals surface area contributed by atoms with Gasteiger partial charge in [0, 0.05) is 50.1 Å². The van der Waals surface area contributed by atoms with Crippen LogP contribution in [0.1, 0.15) is 60.4 Å². The van der Waals surface area contributed by atoms with Gasteiger partial charge in [0.05, 0.1) is 5.60 Å². The zero-order valence-corrected chi connectivity index (χ0v) is 16.7. The number of amides is 1. The van der Waals surface area contributed by atoms with Gasteiger partial charge < -0.3 is 20.3 Å². The summed E-state index contributed by atoms with van der Waals surface area (Å²) in [6, 6.07) is 1.02. The fourth-order valence-corrected chi connectivity index (χ4v) is 4.65. The quantitative estimate of drug-likeness (QED) is 0.837. The fourth-order valence-electron chi connectivity index (χ4n) is 4.65. The summed E-state index contributed by atoms with van der Waals surface area (Å²) in [6.45, 7) is 6.75. The molecule has 1 spiro atoms. The molecular weight excluding hydrogens is 342 g/mol. The van der Waals surface area contributed by atoms with Gasteiger partial charge in [-0.15, -0.1) is 0 Å². The fraction of sp³-hybridized carbons (Fsp3) is 0.750. The Morgan fingerprint density at radius 2 is 2.04 bits per heavy atom. The van der Waals surface area contributed by atoms with Crippen LogP contribution in [0.2, 0.25) is 0 Å². The molecule has 7 heteroatoms. The van der Waals surface area contributed by atoms with E-state index in [1.165, 1.54) is 19.3 Å². The first kappa shape index (κ1) is 18.6. The lowest BCUT2D eigenvalue weighted by Gasteiger charge is -2.47. The molecule has 2 unspecified atom stereocenters. The molecule has 3 aliphatic rings. The second kappa shape index (κ2) is 7.36. The minimum Gasteiger partial charge on any atom is -0.375 e. The number of ether oxygens (including phenoxy) is 1. The molecule has 4 rings (SSSR count). The van der Waals surface area contributed by atoms with Crippen LogP contribution in [0.15, 0.2) is 0 Å². The summed E-state index contributed by atoms with van der Waals surface area (Å²) < 4.78 is 6.06. The van der Waals surface area contributed by atoms with Gasteiger partial charge in [0.1, 0.15) is 5.82 Å². The van der Waals surface area contributed by atoms with E-state index in [1.54, 1.807) is 7.05 Å². The van der Waals surface area contributed by atoms with Gasteiger partial charge in [0.2, 0.25) is 5.82 Å². The predicted octanol–water partition coefficient (Wildman–Crippen LogP) is 1.72. The molecular formula is C20H31N5O2. The molecule has 2 atom stereocenters. The molecule has 2 saturated heterocycles. The van der Waals surface area contributed by atoms with Gasteiger partial charge in [-0.1, -0.05) is 0 Å². The Bertz CT molecular complexity index is 719. The summed E-state index contributed by atoms with van der Waals surface area (Å²) in [5.41, 5.74) is 2.10. The maximum Gasteiger partial charge on any atom is 0.288 e. The Hall–Kier alpha value is -1.73. The molecule has 27 heavy (non-hydrogen) atoms. The first-order valence-corrected chi connectivity index (χ1v) is 10.2. The molecule has 0 bridgehead atoms. The van der Waals surface area contributed by atoms with Gasteiger partial charge in [0.15, 0.2) is 0 Å².